The number of aliphatic hydroxyl groups is 1. The molecule has 6 aromatic heterocycles. The number of para-hydroxylation sites is 1. The minimum absolute atomic E-state index is 0. The minimum atomic E-state index is -0.278. The van der Waals surface area contributed by atoms with E-state index in [1.54, 1.807) is 30.7 Å². The molecular formula is C85H58F2Ir5N7O2-5. The summed E-state index contributed by atoms with van der Waals surface area (Å²) in [5, 5.41) is 20.9. The summed E-state index contributed by atoms with van der Waals surface area (Å²) in [6.07, 6.45) is 10.0. The average Bonchev–Trinajstić information content (AvgIpc) is 1.44. The van der Waals surface area contributed by atoms with Crippen molar-refractivity contribution in [1.82, 2.24) is 34.5 Å². The summed E-state index contributed by atoms with van der Waals surface area (Å²) < 4.78 is 27.2. The van der Waals surface area contributed by atoms with Crippen LogP contribution in [0.4, 0.5) is 8.78 Å². The van der Waals surface area contributed by atoms with Crippen molar-refractivity contribution in [3.63, 3.8) is 0 Å². The number of carbonyl (C=O) groups excluding carboxylic acids is 1. The van der Waals surface area contributed by atoms with Crippen molar-refractivity contribution >= 4 is 70.8 Å². The summed E-state index contributed by atoms with van der Waals surface area (Å²) in [6.45, 7) is 2.85. The Kier molecular flexibility index (Phi) is 30.4. The third kappa shape index (κ3) is 20.0. The summed E-state index contributed by atoms with van der Waals surface area (Å²) in [6, 6.07) is 104. The third-order valence-electron chi connectivity index (χ3n) is 15.2. The number of halogens is 2. The van der Waals surface area contributed by atoms with Gasteiger partial charge in [0.2, 0.25) is 0 Å². The molecular weight excluding hydrogens is 2150 g/mol. The van der Waals surface area contributed by atoms with Gasteiger partial charge in [0.05, 0.1) is 17.1 Å². The number of aliphatic hydroxyl groups excluding tert-OH is 1. The standard InChI is InChI=1S/C21H12N.C19H12N.C18H12N3.2C11H7FN.C5H8O2.5Ir/c1-2-13-22-19(6-1)17-11-9-16-8-7-14-4-3-5-15-10-12-18(17)21(16)20(14)15;1-2-8-15-14(7-1)13-18(19-11-5-6-12-20-19)17-10-4-3-9-16(15)17;1-3-8-14(9-4-1)17-20-16-12-7-13-19-18(16)21(17)15-10-5-2-6-11-15;2*12-10-6-4-9(5-7-10)11-3-1-2-8-13-11;1-4(6)3-5(2)7;;;;;/h1-10,12-13H;1-12H;1-8,10-13H;2*1-4,6-8H;3,6H,1-2H3;;;;;/q5*-1;;;;;;. The van der Waals surface area contributed by atoms with E-state index in [0.29, 0.717) is 0 Å². The van der Waals surface area contributed by atoms with Crippen LogP contribution in [-0.4, -0.2) is 45.4 Å². The molecule has 0 atom stereocenters. The monoisotopic (exact) mass is 2210 g/mol. The van der Waals surface area contributed by atoms with E-state index in [4.69, 9.17) is 10.1 Å². The Balaban J connectivity index is 0.000000173. The van der Waals surface area contributed by atoms with E-state index in [1.807, 2.05) is 140 Å². The first-order chi connectivity index (χ1) is 47.1. The quantitative estimate of drug-likeness (QED) is 0.0725. The Bertz CT molecular complexity index is 5320. The van der Waals surface area contributed by atoms with Crippen molar-refractivity contribution < 1.29 is 119 Å². The second-order valence-electron chi connectivity index (χ2n) is 21.8. The van der Waals surface area contributed by atoms with E-state index in [1.165, 1.54) is 92.7 Å². The number of imidazole rings is 1. The summed E-state index contributed by atoms with van der Waals surface area (Å²) >= 11 is 0. The molecule has 0 fully saturated rings. The van der Waals surface area contributed by atoms with Gasteiger partial charge < -0.3 is 24.6 Å². The normalized spacial score (nSPS) is 10.3. The molecule has 0 amide bonds. The molecule has 0 unspecified atom stereocenters. The number of fused-ring (bicyclic) bond motifs is 4. The molecule has 17 aromatic rings. The molecule has 0 saturated carbocycles. The smallest absolute Gasteiger partial charge is 0.155 e. The molecule has 17 rings (SSSR count). The predicted molar refractivity (Wildman–Crippen MR) is 383 cm³/mol. The van der Waals surface area contributed by atoms with E-state index in [2.05, 4.69) is 169 Å². The zero-order valence-corrected chi connectivity index (χ0v) is 65.8. The number of hydrogen-bond donors (Lipinski definition) is 1. The number of nitrogens with zero attached hydrogens (tertiary/aromatic N) is 7. The maximum Gasteiger partial charge on any atom is 0.155 e. The fourth-order valence-corrected chi connectivity index (χ4v) is 11.0. The number of carbonyl (C=O) groups is 1. The molecule has 0 aliphatic heterocycles. The van der Waals surface area contributed by atoms with Gasteiger partial charge in [0.25, 0.3) is 0 Å². The molecule has 9 nitrogen and oxygen atoms in total. The Morgan fingerprint density at radius 2 is 0.921 bits per heavy atom. The zero-order valence-electron chi connectivity index (χ0n) is 53.9. The molecule has 5 radical (unpaired) electrons. The van der Waals surface area contributed by atoms with Crippen LogP contribution in [0.1, 0.15) is 13.8 Å². The SMILES string of the molecule is CC(=O)C=C(C)O.Fc1c[c-]c(-c2ccccn2)cc1.Fc1c[c-]c(-c2ccccn2)cc1.[Ir].[Ir].[Ir].[Ir].[Ir].[c-]1c(-c2ccccn2)c2ccccc2c2ccccc12.[c-]1cc2ccc3cccc4ccc(c1-c1ccccn1)c2c34.[c-]1ccccc1-c1nc2cccnc2n1-c1ccccc1. The molecule has 0 bridgehead atoms. The van der Waals surface area contributed by atoms with Gasteiger partial charge in [-0.25, -0.2) is 4.98 Å². The molecule has 11 aromatic carbocycles. The van der Waals surface area contributed by atoms with Crippen molar-refractivity contribution in [2.45, 2.75) is 13.8 Å². The molecule has 16 heteroatoms. The van der Waals surface area contributed by atoms with Gasteiger partial charge in [-0.05, 0) is 95.6 Å². The summed E-state index contributed by atoms with van der Waals surface area (Å²) in [5.74, 6) is 0.238. The van der Waals surface area contributed by atoms with Crippen LogP contribution >= 0.6 is 0 Å². The number of aromatic nitrogens is 7. The zero-order chi connectivity index (χ0) is 66.0. The van der Waals surface area contributed by atoms with Gasteiger partial charge in [-0.3, -0.25) is 23.5 Å². The summed E-state index contributed by atoms with van der Waals surface area (Å²) in [5.41, 5.74) is 11.1. The second kappa shape index (κ2) is 38.9. The Morgan fingerprint density at radius 1 is 0.406 bits per heavy atom. The van der Waals surface area contributed by atoms with Crippen LogP contribution in [0.15, 0.2) is 316 Å². The van der Waals surface area contributed by atoms with Crippen molar-refractivity contribution in [3.8, 4) is 62.1 Å². The number of hydrogen-bond acceptors (Lipinski definition) is 8. The molecule has 0 aliphatic rings. The molecule has 0 spiro atoms. The van der Waals surface area contributed by atoms with Gasteiger partial charge in [0.15, 0.2) is 11.4 Å². The van der Waals surface area contributed by atoms with Crippen molar-refractivity contribution in [2.75, 3.05) is 0 Å². The van der Waals surface area contributed by atoms with Crippen LogP contribution in [0.5, 0.6) is 0 Å². The molecule has 0 saturated heterocycles. The van der Waals surface area contributed by atoms with Crippen molar-refractivity contribution in [3.05, 3.63) is 358 Å². The summed E-state index contributed by atoms with van der Waals surface area (Å²) in [4.78, 5) is 36.5. The van der Waals surface area contributed by atoms with E-state index in [0.717, 1.165) is 78.7 Å². The van der Waals surface area contributed by atoms with Gasteiger partial charge in [-0.2, -0.15) is 0 Å². The molecule has 6 heterocycles. The maximum atomic E-state index is 12.6. The number of pyridine rings is 5. The molecule has 0 aliphatic carbocycles. The van der Waals surface area contributed by atoms with Crippen LogP contribution in [0, 0.1) is 42.0 Å². The minimum Gasteiger partial charge on any atom is -0.512 e. The topological polar surface area (TPSA) is 120 Å². The Hall–Kier alpha value is -9.48. The van der Waals surface area contributed by atoms with Gasteiger partial charge in [-0.1, -0.05) is 190 Å². The Morgan fingerprint density at radius 3 is 1.46 bits per heavy atom. The fourth-order valence-electron chi connectivity index (χ4n) is 11.0. The predicted octanol–water partition coefficient (Wildman–Crippen LogP) is 20.6. The molecule has 101 heavy (non-hydrogen) atoms. The van der Waals surface area contributed by atoms with Crippen LogP contribution < -0.4 is 0 Å². The second-order valence-corrected chi connectivity index (χ2v) is 21.8. The van der Waals surface area contributed by atoms with Crippen molar-refractivity contribution in [2.24, 2.45) is 0 Å². The maximum absolute atomic E-state index is 12.6. The van der Waals surface area contributed by atoms with Crippen LogP contribution in [-0.2, 0) is 105 Å². The molecule has 509 valence electrons. The first kappa shape index (κ1) is 78.8. The van der Waals surface area contributed by atoms with Crippen molar-refractivity contribution in [1.29, 1.82) is 0 Å². The first-order valence-electron chi connectivity index (χ1n) is 30.8. The largest absolute Gasteiger partial charge is 0.512 e. The van der Waals surface area contributed by atoms with Crippen LogP contribution in [0.3, 0.4) is 0 Å². The van der Waals surface area contributed by atoms with E-state index in [9.17, 15) is 13.6 Å². The van der Waals surface area contributed by atoms with E-state index < -0.39 is 0 Å². The Labute approximate surface area is 652 Å². The van der Waals surface area contributed by atoms with Gasteiger partial charge >= 0.3 is 0 Å². The average molecular weight is 2210 g/mol. The third-order valence-corrected chi connectivity index (χ3v) is 15.2. The van der Waals surface area contributed by atoms with Crippen LogP contribution in [0.25, 0.3) is 127 Å². The first-order valence-corrected chi connectivity index (χ1v) is 30.8. The number of rotatable bonds is 7. The van der Waals surface area contributed by atoms with Gasteiger partial charge in [-0.15, -0.1) is 131 Å². The number of benzene rings is 11. The molecule has 1 N–H and O–H groups in total. The van der Waals surface area contributed by atoms with Gasteiger partial charge in [0.1, 0.15) is 0 Å². The number of ketones is 1. The van der Waals surface area contributed by atoms with E-state index in [-0.39, 0.29) is 124 Å². The number of allylic oxidation sites excluding steroid dienone is 2. The van der Waals surface area contributed by atoms with Crippen LogP contribution in [0.2, 0.25) is 0 Å². The van der Waals surface area contributed by atoms with E-state index >= 15 is 0 Å². The summed E-state index contributed by atoms with van der Waals surface area (Å²) in [7, 11) is 0. The fraction of sp³-hybridized carbons (Fsp3) is 0.0235. The van der Waals surface area contributed by atoms with Gasteiger partial charge in [0, 0.05) is 161 Å².